The van der Waals surface area contributed by atoms with Crippen LogP contribution in [0.15, 0.2) is 35.3 Å². The highest BCUT2D eigenvalue weighted by atomic mass is 79.9. The van der Waals surface area contributed by atoms with Crippen molar-refractivity contribution in [1.29, 1.82) is 0 Å². The van der Waals surface area contributed by atoms with E-state index in [0.29, 0.717) is 5.75 Å². The molecule has 0 amide bonds. The second-order valence-corrected chi connectivity index (χ2v) is 8.06. The molecule has 0 spiro atoms. The van der Waals surface area contributed by atoms with E-state index in [9.17, 15) is 4.79 Å². The summed E-state index contributed by atoms with van der Waals surface area (Å²) < 4.78 is 7.01. The molecule has 0 saturated carbocycles. The van der Waals surface area contributed by atoms with Crippen LogP contribution in [-0.4, -0.2) is 11.5 Å². The number of halogens is 2. The molecule has 0 aliphatic heterocycles. The molecule has 0 aliphatic rings. The first kappa shape index (κ1) is 13.4. The maximum Gasteiger partial charge on any atom is 0.175 e. The van der Waals surface area contributed by atoms with E-state index in [-0.39, 0.29) is 5.78 Å². The molecule has 0 fully saturated rings. The van der Waals surface area contributed by atoms with E-state index in [1.807, 2.05) is 19.1 Å². The number of ketones is 1. The van der Waals surface area contributed by atoms with Gasteiger partial charge >= 0.3 is 0 Å². The zero-order valence-electron chi connectivity index (χ0n) is 8.83. The first-order valence-electron chi connectivity index (χ1n) is 4.73. The number of furan rings is 1. The standard InChI is InChI=1S/C11H8Br2O2S2/c1-6-9(2-3-15-6)16-5-8(14)7-4-10(12)17-11(7)13/h2-4H,5H2,1H3. The minimum absolute atomic E-state index is 0.115. The molecular formula is C11H8Br2O2S2. The molecule has 0 atom stereocenters. The van der Waals surface area contributed by atoms with Crippen LogP contribution in [0.1, 0.15) is 16.1 Å². The van der Waals surface area contributed by atoms with Crippen LogP contribution in [0.25, 0.3) is 0 Å². The molecule has 2 rings (SSSR count). The van der Waals surface area contributed by atoms with Crippen molar-refractivity contribution >= 4 is 60.7 Å². The first-order chi connectivity index (χ1) is 8.08. The minimum Gasteiger partial charge on any atom is -0.468 e. The highest BCUT2D eigenvalue weighted by molar-refractivity contribution is 9.12. The molecule has 0 bridgehead atoms. The predicted octanol–water partition coefficient (Wildman–Crippen LogP) is 5.15. The van der Waals surface area contributed by atoms with Crippen LogP contribution in [0.3, 0.4) is 0 Å². The highest BCUT2D eigenvalue weighted by Crippen LogP contribution is 2.33. The molecule has 0 radical (unpaired) electrons. The molecule has 2 nitrogen and oxygen atoms in total. The Bertz CT molecular complexity index is 545. The van der Waals surface area contributed by atoms with Crippen LogP contribution in [0.2, 0.25) is 0 Å². The monoisotopic (exact) mass is 394 g/mol. The molecule has 17 heavy (non-hydrogen) atoms. The van der Waals surface area contributed by atoms with Crippen molar-refractivity contribution < 1.29 is 9.21 Å². The third-order valence-corrected chi connectivity index (χ3v) is 5.61. The molecule has 0 aromatic carbocycles. The minimum atomic E-state index is 0.115. The van der Waals surface area contributed by atoms with Crippen molar-refractivity contribution in [2.45, 2.75) is 11.8 Å². The van der Waals surface area contributed by atoms with Crippen molar-refractivity contribution in [3.63, 3.8) is 0 Å². The summed E-state index contributed by atoms with van der Waals surface area (Å²) in [5, 5.41) is 0. The molecule has 2 aromatic heterocycles. The third kappa shape index (κ3) is 3.24. The number of hydrogen-bond acceptors (Lipinski definition) is 4. The van der Waals surface area contributed by atoms with Gasteiger partial charge in [-0.25, -0.2) is 0 Å². The predicted molar refractivity (Wildman–Crippen MR) is 78.2 cm³/mol. The van der Waals surface area contributed by atoms with E-state index < -0.39 is 0 Å². The van der Waals surface area contributed by atoms with Crippen LogP contribution >= 0.6 is 55.0 Å². The average Bonchev–Trinajstić information content (AvgIpc) is 2.81. The lowest BCUT2D eigenvalue weighted by Crippen LogP contribution is -2.01. The fraction of sp³-hybridized carbons (Fsp3) is 0.182. The lowest BCUT2D eigenvalue weighted by Gasteiger charge is -1.98. The van der Waals surface area contributed by atoms with Gasteiger partial charge in [-0.05, 0) is 50.9 Å². The molecule has 2 heterocycles. The van der Waals surface area contributed by atoms with Gasteiger partial charge in [-0.1, -0.05) is 0 Å². The fourth-order valence-corrected chi connectivity index (χ4v) is 4.98. The summed E-state index contributed by atoms with van der Waals surface area (Å²) in [6, 6.07) is 3.73. The first-order valence-corrected chi connectivity index (χ1v) is 8.11. The van der Waals surface area contributed by atoms with Gasteiger partial charge in [-0.2, -0.15) is 0 Å². The average molecular weight is 396 g/mol. The van der Waals surface area contributed by atoms with E-state index in [4.69, 9.17) is 4.42 Å². The number of aryl methyl sites for hydroxylation is 1. The number of Topliss-reactive ketones (excluding diaryl/α,β-unsaturated/α-hetero) is 1. The largest absolute Gasteiger partial charge is 0.468 e. The number of thiophene rings is 1. The van der Waals surface area contributed by atoms with Gasteiger partial charge < -0.3 is 4.42 Å². The van der Waals surface area contributed by atoms with Gasteiger partial charge in [0.15, 0.2) is 5.78 Å². The summed E-state index contributed by atoms with van der Waals surface area (Å²) >= 11 is 9.77. The van der Waals surface area contributed by atoms with Crippen molar-refractivity contribution in [3.05, 3.63) is 37.3 Å². The summed E-state index contributed by atoms with van der Waals surface area (Å²) in [6.07, 6.45) is 1.64. The lowest BCUT2D eigenvalue weighted by molar-refractivity contribution is 0.102. The van der Waals surface area contributed by atoms with Crippen LogP contribution in [-0.2, 0) is 0 Å². The number of rotatable bonds is 4. The summed E-state index contributed by atoms with van der Waals surface area (Å²) in [5.41, 5.74) is 0.732. The van der Waals surface area contributed by atoms with Crippen molar-refractivity contribution in [3.8, 4) is 0 Å². The van der Waals surface area contributed by atoms with Crippen molar-refractivity contribution in [2.75, 3.05) is 5.75 Å². The third-order valence-electron chi connectivity index (χ3n) is 2.13. The number of thioether (sulfide) groups is 1. The SMILES string of the molecule is Cc1occc1SCC(=O)c1cc(Br)sc1Br. The van der Waals surface area contributed by atoms with E-state index >= 15 is 0 Å². The number of carbonyl (C=O) groups is 1. The van der Waals surface area contributed by atoms with Gasteiger partial charge in [0, 0.05) is 10.5 Å². The fourth-order valence-electron chi connectivity index (χ4n) is 1.27. The second kappa shape index (κ2) is 5.73. The molecule has 6 heteroatoms. The maximum absolute atomic E-state index is 12.0. The van der Waals surface area contributed by atoms with Gasteiger partial charge in [-0.15, -0.1) is 23.1 Å². The van der Waals surface area contributed by atoms with Crippen molar-refractivity contribution in [1.82, 2.24) is 0 Å². The topological polar surface area (TPSA) is 30.2 Å². The molecular weight excluding hydrogens is 388 g/mol. The summed E-state index contributed by atoms with van der Waals surface area (Å²) in [4.78, 5) is 13.0. The smallest absolute Gasteiger partial charge is 0.175 e. The Hall–Kier alpha value is -0.0400. The summed E-state index contributed by atoms with van der Waals surface area (Å²) in [6.45, 7) is 1.89. The molecule has 0 unspecified atom stereocenters. The van der Waals surface area contributed by atoms with Gasteiger partial charge in [0.1, 0.15) is 5.76 Å². The lowest BCUT2D eigenvalue weighted by atomic mass is 10.2. The Labute approximate surface area is 124 Å². The highest BCUT2D eigenvalue weighted by Gasteiger charge is 2.14. The molecule has 2 aromatic rings. The quantitative estimate of drug-likeness (QED) is 0.529. The van der Waals surface area contributed by atoms with E-state index in [1.165, 1.54) is 23.1 Å². The van der Waals surface area contributed by atoms with Crippen LogP contribution in [0.5, 0.6) is 0 Å². The number of hydrogen-bond donors (Lipinski definition) is 0. The van der Waals surface area contributed by atoms with Crippen LogP contribution < -0.4 is 0 Å². The van der Waals surface area contributed by atoms with Gasteiger partial charge in [0.05, 0.1) is 19.6 Å². The summed E-state index contributed by atoms with van der Waals surface area (Å²) in [7, 11) is 0. The van der Waals surface area contributed by atoms with E-state index in [0.717, 1.165) is 23.8 Å². The van der Waals surface area contributed by atoms with E-state index in [2.05, 4.69) is 31.9 Å². The Balaban J connectivity index is 2.03. The zero-order valence-corrected chi connectivity index (χ0v) is 13.6. The van der Waals surface area contributed by atoms with Gasteiger partial charge in [0.2, 0.25) is 0 Å². The zero-order chi connectivity index (χ0) is 12.4. The van der Waals surface area contributed by atoms with Gasteiger partial charge in [-0.3, -0.25) is 4.79 Å². The van der Waals surface area contributed by atoms with E-state index in [1.54, 1.807) is 6.26 Å². The molecule has 0 N–H and O–H groups in total. The molecule has 0 saturated heterocycles. The normalized spacial score (nSPS) is 10.8. The Morgan fingerprint density at radius 1 is 1.53 bits per heavy atom. The van der Waals surface area contributed by atoms with Crippen molar-refractivity contribution in [2.24, 2.45) is 0 Å². The Kier molecular flexibility index (Phi) is 4.52. The Morgan fingerprint density at radius 3 is 2.82 bits per heavy atom. The number of carbonyl (C=O) groups excluding carboxylic acids is 1. The summed E-state index contributed by atoms with van der Waals surface area (Å²) in [5.74, 6) is 1.39. The Morgan fingerprint density at radius 2 is 2.29 bits per heavy atom. The maximum atomic E-state index is 12.0. The molecule has 90 valence electrons. The van der Waals surface area contributed by atoms with Crippen LogP contribution in [0, 0.1) is 6.92 Å². The van der Waals surface area contributed by atoms with Gasteiger partial charge in [0.25, 0.3) is 0 Å². The molecule has 0 aliphatic carbocycles. The van der Waals surface area contributed by atoms with Crippen LogP contribution in [0.4, 0.5) is 0 Å². The second-order valence-electron chi connectivity index (χ2n) is 3.29.